The molecular weight excluding hydrogens is 260 g/mol. The normalized spacial score (nSPS) is 17.7. The maximum absolute atomic E-state index is 4.55. The molecule has 0 spiro atoms. The van der Waals surface area contributed by atoms with Crippen LogP contribution in [0.25, 0.3) is 11.0 Å². The summed E-state index contributed by atoms with van der Waals surface area (Å²) in [5.74, 6) is 0. The Hall–Kier alpha value is -1.42. The van der Waals surface area contributed by atoms with Crippen molar-refractivity contribution in [3.63, 3.8) is 0 Å². The predicted octanol–water partition coefficient (Wildman–Crippen LogP) is 3.34. The summed E-state index contributed by atoms with van der Waals surface area (Å²) in [7, 11) is 1.95. The average Bonchev–Trinajstić information content (AvgIpc) is 3.06. The molecule has 1 N–H and O–H groups in total. The zero-order chi connectivity index (χ0) is 14.9. The molecule has 114 valence electrons. The summed E-state index contributed by atoms with van der Waals surface area (Å²) in [5, 5.41) is 9.26. The van der Waals surface area contributed by atoms with Gasteiger partial charge >= 0.3 is 0 Å². The summed E-state index contributed by atoms with van der Waals surface area (Å²) in [6, 6.07) is 2.23. The lowest BCUT2D eigenvalue weighted by Gasteiger charge is -2.27. The Balaban J connectivity index is 1.66. The maximum atomic E-state index is 4.55. The van der Waals surface area contributed by atoms with Crippen LogP contribution in [0.4, 0.5) is 0 Å². The molecule has 0 amide bonds. The first kappa shape index (κ1) is 14.5. The molecule has 0 bridgehead atoms. The molecule has 0 unspecified atom stereocenters. The zero-order valence-electron chi connectivity index (χ0n) is 13.4. The minimum atomic E-state index is 0.543. The van der Waals surface area contributed by atoms with Crippen molar-refractivity contribution in [3.05, 3.63) is 23.5 Å². The van der Waals surface area contributed by atoms with Crippen molar-refractivity contribution in [2.75, 3.05) is 6.54 Å². The van der Waals surface area contributed by atoms with Crippen LogP contribution in [-0.2, 0) is 13.6 Å². The Morgan fingerprint density at radius 2 is 2.10 bits per heavy atom. The predicted molar refractivity (Wildman–Crippen MR) is 86.1 cm³/mol. The van der Waals surface area contributed by atoms with Crippen LogP contribution >= 0.6 is 0 Å². The second kappa shape index (κ2) is 5.76. The molecule has 0 atom stereocenters. The number of nitrogens with zero attached hydrogens (tertiary/aromatic N) is 3. The van der Waals surface area contributed by atoms with E-state index in [-0.39, 0.29) is 0 Å². The van der Waals surface area contributed by atoms with E-state index in [0.717, 1.165) is 24.4 Å². The minimum Gasteiger partial charge on any atom is -0.312 e. The molecule has 1 aliphatic carbocycles. The SMILES string of the molecule is CCC1(CNCc2cnc3c(c2)c(C)nn3C)CCCC1. The van der Waals surface area contributed by atoms with Gasteiger partial charge in [-0.05, 0) is 43.2 Å². The first-order valence-corrected chi connectivity index (χ1v) is 8.12. The highest BCUT2D eigenvalue weighted by atomic mass is 15.3. The Bertz CT molecular complexity index is 623. The van der Waals surface area contributed by atoms with Crippen LogP contribution in [0.5, 0.6) is 0 Å². The van der Waals surface area contributed by atoms with Gasteiger partial charge in [-0.1, -0.05) is 19.8 Å². The van der Waals surface area contributed by atoms with E-state index in [1.807, 2.05) is 24.9 Å². The summed E-state index contributed by atoms with van der Waals surface area (Å²) in [4.78, 5) is 4.55. The summed E-state index contributed by atoms with van der Waals surface area (Å²) in [5.41, 5.74) is 3.82. The quantitative estimate of drug-likeness (QED) is 0.916. The van der Waals surface area contributed by atoms with Crippen molar-refractivity contribution in [1.82, 2.24) is 20.1 Å². The van der Waals surface area contributed by atoms with Gasteiger partial charge in [0.2, 0.25) is 0 Å². The fourth-order valence-corrected chi connectivity index (χ4v) is 3.70. The third kappa shape index (κ3) is 2.82. The van der Waals surface area contributed by atoms with Gasteiger partial charge in [-0.2, -0.15) is 5.10 Å². The van der Waals surface area contributed by atoms with Gasteiger partial charge in [0, 0.05) is 31.7 Å². The van der Waals surface area contributed by atoms with Gasteiger partial charge in [-0.25, -0.2) is 4.98 Å². The molecule has 2 aromatic heterocycles. The van der Waals surface area contributed by atoms with E-state index in [9.17, 15) is 0 Å². The van der Waals surface area contributed by atoms with Crippen molar-refractivity contribution < 1.29 is 0 Å². The lowest BCUT2D eigenvalue weighted by Crippen LogP contribution is -2.31. The maximum Gasteiger partial charge on any atom is 0.157 e. The molecule has 21 heavy (non-hydrogen) atoms. The van der Waals surface area contributed by atoms with Crippen LogP contribution in [0.2, 0.25) is 0 Å². The van der Waals surface area contributed by atoms with Crippen LogP contribution in [-0.4, -0.2) is 21.3 Å². The summed E-state index contributed by atoms with van der Waals surface area (Å²) in [6.07, 6.45) is 8.84. The highest BCUT2D eigenvalue weighted by molar-refractivity contribution is 5.78. The number of aromatic nitrogens is 3. The van der Waals surface area contributed by atoms with E-state index < -0.39 is 0 Å². The van der Waals surface area contributed by atoms with E-state index in [1.165, 1.54) is 43.1 Å². The van der Waals surface area contributed by atoms with E-state index in [4.69, 9.17) is 0 Å². The van der Waals surface area contributed by atoms with Crippen molar-refractivity contribution in [2.45, 2.75) is 52.5 Å². The Kier molecular flexibility index (Phi) is 3.98. The standard InChI is InChI=1S/C17H26N4/c1-4-17(7-5-6-8-17)12-18-10-14-9-15-13(2)20-21(3)16(15)19-11-14/h9,11,18H,4-8,10,12H2,1-3H3. The van der Waals surface area contributed by atoms with Gasteiger partial charge in [-0.3, -0.25) is 4.68 Å². The van der Waals surface area contributed by atoms with Gasteiger partial charge in [-0.15, -0.1) is 0 Å². The number of hydrogen-bond acceptors (Lipinski definition) is 3. The first-order chi connectivity index (χ1) is 10.1. The van der Waals surface area contributed by atoms with Gasteiger partial charge < -0.3 is 5.32 Å². The van der Waals surface area contributed by atoms with Crippen LogP contribution < -0.4 is 5.32 Å². The van der Waals surface area contributed by atoms with E-state index in [2.05, 4.69) is 28.4 Å². The molecule has 1 saturated carbocycles. The first-order valence-electron chi connectivity index (χ1n) is 8.12. The van der Waals surface area contributed by atoms with E-state index in [1.54, 1.807) is 0 Å². The number of hydrogen-bond donors (Lipinski definition) is 1. The molecule has 0 aliphatic heterocycles. The molecule has 2 aromatic rings. The number of aryl methyl sites for hydroxylation is 2. The van der Waals surface area contributed by atoms with Crippen molar-refractivity contribution in [1.29, 1.82) is 0 Å². The third-order valence-electron chi connectivity index (χ3n) is 5.16. The molecule has 0 aromatic carbocycles. The molecule has 0 saturated heterocycles. The number of fused-ring (bicyclic) bond motifs is 1. The molecule has 1 fully saturated rings. The molecule has 0 radical (unpaired) electrons. The fraction of sp³-hybridized carbons (Fsp3) is 0.647. The Morgan fingerprint density at radius 3 is 2.81 bits per heavy atom. The molecular formula is C17H26N4. The van der Waals surface area contributed by atoms with E-state index >= 15 is 0 Å². The number of nitrogens with one attached hydrogen (secondary N) is 1. The van der Waals surface area contributed by atoms with Gasteiger partial charge in [0.1, 0.15) is 0 Å². The smallest absolute Gasteiger partial charge is 0.157 e. The lowest BCUT2D eigenvalue weighted by molar-refractivity contribution is 0.268. The lowest BCUT2D eigenvalue weighted by atomic mass is 9.83. The van der Waals surface area contributed by atoms with Crippen LogP contribution in [0, 0.1) is 12.3 Å². The highest BCUT2D eigenvalue weighted by Gasteiger charge is 2.31. The number of pyridine rings is 1. The second-order valence-corrected chi connectivity index (χ2v) is 6.59. The summed E-state index contributed by atoms with van der Waals surface area (Å²) in [6.45, 7) is 6.41. The largest absolute Gasteiger partial charge is 0.312 e. The molecule has 3 rings (SSSR count). The van der Waals surface area contributed by atoms with Crippen molar-refractivity contribution in [2.24, 2.45) is 12.5 Å². The second-order valence-electron chi connectivity index (χ2n) is 6.59. The molecule has 4 nitrogen and oxygen atoms in total. The number of rotatable bonds is 5. The van der Waals surface area contributed by atoms with Crippen LogP contribution in [0.1, 0.15) is 50.3 Å². The Labute approximate surface area is 126 Å². The van der Waals surface area contributed by atoms with Gasteiger partial charge in [0.15, 0.2) is 5.65 Å². The highest BCUT2D eigenvalue weighted by Crippen LogP contribution is 2.40. The fourth-order valence-electron chi connectivity index (χ4n) is 3.70. The third-order valence-corrected chi connectivity index (χ3v) is 5.16. The molecule has 1 aliphatic rings. The minimum absolute atomic E-state index is 0.543. The van der Waals surface area contributed by atoms with Gasteiger partial charge in [0.05, 0.1) is 5.69 Å². The monoisotopic (exact) mass is 286 g/mol. The summed E-state index contributed by atoms with van der Waals surface area (Å²) < 4.78 is 1.85. The van der Waals surface area contributed by atoms with E-state index in [0.29, 0.717) is 5.41 Å². The molecule has 2 heterocycles. The molecule has 4 heteroatoms. The Morgan fingerprint density at radius 1 is 1.33 bits per heavy atom. The summed E-state index contributed by atoms with van der Waals surface area (Å²) >= 11 is 0. The van der Waals surface area contributed by atoms with Crippen LogP contribution in [0.15, 0.2) is 12.3 Å². The van der Waals surface area contributed by atoms with Gasteiger partial charge in [0.25, 0.3) is 0 Å². The zero-order valence-corrected chi connectivity index (χ0v) is 13.4. The van der Waals surface area contributed by atoms with Crippen molar-refractivity contribution >= 4 is 11.0 Å². The van der Waals surface area contributed by atoms with Crippen LogP contribution in [0.3, 0.4) is 0 Å². The topological polar surface area (TPSA) is 42.7 Å². The average molecular weight is 286 g/mol. The van der Waals surface area contributed by atoms with Crippen molar-refractivity contribution in [3.8, 4) is 0 Å².